The van der Waals surface area contributed by atoms with E-state index in [2.05, 4.69) is 0 Å². The summed E-state index contributed by atoms with van der Waals surface area (Å²) in [4.78, 5) is 11.0. The van der Waals surface area contributed by atoms with E-state index in [1.54, 1.807) is 0 Å². The third-order valence-electron chi connectivity index (χ3n) is 4.46. The van der Waals surface area contributed by atoms with Crippen LogP contribution in [0.1, 0.15) is 57.8 Å². The number of carboxylic acid groups (broad SMARTS) is 1. The highest BCUT2D eigenvalue weighted by molar-refractivity contribution is 7.92. The Morgan fingerprint density at radius 1 is 0.889 bits per heavy atom. The number of carboxylic acids is 1. The third kappa shape index (κ3) is 2.87. The highest BCUT2D eigenvalue weighted by Crippen LogP contribution is 2.34. The van der Waals surface area contributed by atoms with Gasteiger partial charge in [-0.05, 0) is 32.1 Å². The topological polar surface area (TPSA) is 71.4 Å². The van der Waals surface area contributed by atoms with E-state index in [1.807, 2.05) is 0 Å². The monoisotopic (exact) mass is 274 g/mol. The van der Waals surface area contributed by atoms with Gasteiger partial charge in [-0.15, -0.1) is 0 Å². The van der Waals surface area contributed by atoms with Crippen molar-refractivity contribution in [3.8, 4) is 0 Å². The molecule has 0 saturated heterocycles. The molecule has 2 fully saturated rings. The number of sulfone groups is 1. The summed E-state index contributed by atoms with van der Waals surface area (Å²) in [5.41, 5.74) is 0. The lowest BCUT2D eigenvalue weighted by atomic mass is 9.89. The fourth-order valence-electron chi connectivity index (χ4n) is 3.33. The number of aliphatic carboxylic acids is 1. The molecule has 2 aliphatic rings. The molecular formula is C13H22O4S. The Labute approximate surface area is 109 Å². The van der Waals surface area contributed by atoms with Gasteiger partial charge in [-0.2, -0.15) is 0 Å². The highest BCUT2D eigenvalue weighted by Gasteiger charge is 2.39. The van der Waals surface area contributed by atoms with Gasteiger partial charge in [-0.3, -0.25) is 4.79 Å². The Bertz CT molecular complexity index is 395. The van der Waals surface area contributed by atoms with Crippen LogP contribution in [0.3, 0.4) is 0 Å². The van der Waals surface area contributed by atoms with Gasteiger partial charge < -0.3 is 5.11 Å². The largest absolute Gasteiger partial charge is 0.481 e. The second-order valence-corrected chi connectivity index (χ2v) is 8.18. The fraction of sp³-hybridized carbons (Fsp3) is 0.923. The van der Waals surface area contributed by atoms with Crippen LogP contribution in [0, 0.1) is 5.92 Å². The van der Waals surface area contributed by atoms with Crippen molar-refractivity contribution in [2.75, 3.05) is 0 Å². The molecular weight excluding hydrogens is 252 g/mol. The summed E-state index contributed by atoms with van der Waals surface area (Å²) in [5, 5.41) is 8.43. The molecule has 0 aromatic carbocycles. The Morgan fingerprint density at radius 2 is 1.50 bits per heavy atom. The minimum absolute atomic E-state index is 0.205. The Balaban J connectivity index is 2.06. The van der Waals surface area contributed by atoms with Crippen molar-refractivity contribution in [1.82, 2.24) is 0 Å². The van der Waals surface area contributed by atoms with Crippen molar-refractivity contribution in [2.24, 2.45) is 5.92 Å². The molecule has 0 aromatic heterocycles. The second-order valence-electron chi connectivity index (χ2n) is 5.67. The lowest BCUT2D eigenvalue weighted by molar-refractivity contribution is -0.142. The molecule has 2 saturated carbocycles. The minimum Gasteiger partial charge on any atom is -0.481 e. The first-order valence-electron chi connectivity index (χ1n) is 6.97. The molecule has 0 spiro atoms. The first kappa shape index (κ1) is 13.8. The summed E-state index contributed by atoms with van der Waals surface area (Å²) in [5.74, 6) is -1.29. The number of hydrogen-bond donors (Lipinski definition) is 1. The molecule has 4 nitrogen and oxygen atoms in total. The SMILES string of the molecule is O=C(O)C1CCCC(S(=O)(=O)C2CCCCC2)C1. The smallest absolute Gasteiger partial charge is 0.306 e. The van der Waals surface area contributed by atoms with E-state index in [0.29, 0.717) is 19.3 Å². The van der Waals surface area contributed by atoms with Gasteiger partial charge in [0.2, 0.25) is 0 Å². The highest BCUT2D eigenvalue weighted by atomic mass is 32.2. The zero-order chi connectivity index (χ0) is 13.2. The maximum atomic E-state index is 12.5. The molecule has 0 heterocycles. The molecule has 0 bridgehead atoms. The quantitative estimate of drug-likeness (QED) is 0.857. The zero-order valence-electron chi connectivity index (χ0n) is 10.7. The molecule has 18 heavy (non-hydrogen) atoms. The van der Waals surface area contributed by atoms with Crippen LogP contribution in [0.25, 0.3) is 0 Å². The van der Waals surface area contributed by atoms with Crippen LogP contribution in [0.4, 0.5) is 0 Å². The van der Waals surface area contributed by atoms with Crippen LogP contribution in [0.15, 0.2) is 0 Å². The van der Waals surface area contributed by atoms with Gasteiger partial charge in [0.05, 0.1) is 16.4 Å². The van der Waals surface area contributed by atoms with Crippen molar-refractivity contribution in [3.63, 3.8) is 0 Å². The predicted molar refractivity (Wildman–Crippen MR) is 69.2 cm³/mol. The number of hydrogen-bond acceptors (Lipinski definition) is 3. The normalized spacial score (nSPS) is 31.1. The van der Waals surface area contributed by atoms with Crippen molar-refractivity contribution >= 4 is 15.8 Å². The van der Waals surface area contributed by atoms with Gasteiger partial charge in [0, 0.05) is 0 Å². The Kier molecular flexibility index (Phi) is 4.30. The first-order chi connectivity index (χ1) is 8.51. The molecule has 104 valence electrons. The standard InChI is InChI=1S/C13H22O4S/c14-13(15)10-5-4-8-12(9-10)18(16,17)11-6-2-1-3-7-11/h10-12H,1-9H2,(H,14,15). The van der Waals surface area contributed by atoms with E-state index in [9.17, 15) is 13.2 Å². The number of rotatable bonds is 3. The van der Waals surface area contributed by atoms with Crippen LogP contribution in [-0.4, -0.2) is 30.0 Å². The van der Waals surface area contributed by atoms with Crippen molar-refractivity contribution in [3.05, 3.63) is 0 Å². The average Bonchev–Trinajstić information content (AvgIpc) is 2.40. The summed E-state index contributed by atoms with van der Waals surface area (Å²) in [7, 11) is -3.11. The number of carbonyl (C=O) groups is 1. The van der Waals surface area contributed by atoms with Crippen LogP contribution < -0.4 is 0 Å². The van der Waals surface area contributed by atoms with Crippen LogP contribution >= 0.6 is 0 Å². The van der Waals surface area contributed by atoms with Crippen LogP contribution in [0.5, 0.6) is 0 Å². The summed E-state index contributed by atoms with van der Waals surface area (Å²) in [6, 6.07) is 0. The lowest BCUT2D eigenvalue weighted by Crippen LogP contribution is -2.38. The summed E-state index contributed by atoms with van der Waals surface area (Å²) in [6.45, 7) is 0. The minimum atomic E-state index is -3.11. The molecule has 5 heteroatoms. The van der Waals surface area contributed by atoms with Gasteiger partial charge in [0.25, 0.3) is 0 Å². The van der Waals surface area contributed by atoms with Crippen molar-refractivity contribution in [1.29, 1.82) is 0 Å². The van der Waals surface area contributed by atoms with Gasteiger partial charge in [0.1, 0.15) is 0 Å². The molecule has 2 unspecified atom stereocenters. The van der Waals surface area contributed by atoms with E-state index in [-0.39, 0.29) is 5.25 Å². The van der Waals surface area contributed by atoms with Gasteiger partial charge in [-0.1, -0.05) is 25.7 Å². The van der Waals surface area contributed by atoms with Gasteiger partial charge >= 0.3 is 5.97 Å². The molecule has 0 aliphatic heterocycles. The van der Waals surface area contributed by atoms with Crippen LogP contribution in [-0.2, 0) is 14.6 Å². The third-order valence-corrected chi connectivity index (χ3v) is 7.21. The van der Waals surface area contributed by atoms with E-state index < -0.39 is 27.0 Å². The summed E-state index contributed by atoms with van der Waals surface area (Å²) >= 11 is 0. The van der Waals surface area contributed by atoms with E-state index in [1.165, 1.54) is 0 Å². The van der Waals surface area contributed by atoms with E-state index in [4.69, 9.17) is 5.11 Å². The summed E-state index contributed by atoms with van der Waals surface area (Å²) in [6.07, 6.45) is 7.02. The van der Waals surface area contributed by atoms with Crippen LogP contribution in [0.2, 0.25) is 0 Å². The molecule has 2 atom stereocenters. The maximum absolute atomic E-state index is 12.5. The second kappa shape index (κ2) is 5.59. The molecule has 0 radical (unpaired) electrons. The van der Waals surface area contributed by atoms with E-state index in [0.717, 1.165) is 38.5 Å². The summed E-state index contributed by atoms with van der Waals surface area (Å²) < 4.78 is 25.0. The average molecular weight is 274 g/mol. The predicted octanol–water partition coefficient (Wildman–Crippen LogP) is 2.38. The molecule has 0 aromatic rings. The van der Waals surface area contributed by atoms with E-state index >= 15 is 0 Å². The first-order valence-corrected chi connectivity index (χ1v) is 8.58. The molecule has 2 aliphatic carbocycles. The molecule has 1 N–H and O–H groups in total. The zero-order valence-corrected chi connectivity index (χ0v) is 11.5. The maximum Gasteiger partial charge on any atom is 0.306 e. The van der Waals surface area contributed by atoms with Crippen molar-refractivity contribution in [2.45, 2.75) is 68.3 Å². The Hall–Kier alpha value is -0.580. The Morgan fingerprint density at radius 3 is 2.11 bits per heavy atom. The lowest BCUT2D eigenvalue weighted by Gasteiger charge is -2.31. The molecule has 2 rings (SSSR count). The molecule has 0 amide bonds. The van der Waals surface area contributed by atoms with Gasteiger partial charge in [-0.25, -0.2) is 8.42 Å². The van der Waals surface area contributed by atoms with Crippen molar-refractivity contribution < 1.29 is 18.3 Å². The fourth-order valence-corrected chi connectivity index (χ4v) is 5.86. The van der Waals surface area contributed by atoms with Gasteiger partial charge in [0.15, 0.2) is 9.84 Å².